The summed E-state index contributed by atoms with van der Waals surface area (Å²) in [4.78, 5) is 0. The molecule has 0 aliphatic heterocycles. The van der Waals surface area contributed by atoms with E-state index in [1.165, 1.54) is 12.8 Å². The van der Waals surface area contributed by atoms with Crippen LogP contribution in [0.1, 0.15) is 65.7 Å². The van der Waals surface area contributed by atoms with Crippen LogP contribution in [0.4, 0.5) is 0 Å². The molecule has 15 heavy (non-hydrogen) atoms. The largest absolute Gasteiger partial charge is 0.0628 e. The fourth-order valence-corrected chi connectivity index (χ4v) is 5.45. The van der Waals surface area contributed by atoms with Gasteiger partial charge in [-0.05, 0) is 67.1 Å². The zero-order valence-corrected chi connectivity index (χ0v) is 10.7. The van der Waals surface area contributed by atoms with Gasteiger partial charge < -0.3 is 0 Å². The third kappa shape index (κ3) is 1.33. The van der Waals surface area contributed by atoms with Crippen molar-refractivity contribution in [3.8, 4) is 0 Å². The third-order valence-corrected chi connectivity index (χ3v) is 5.86. The lowest BCUT2D eigenvalue weighted by atomic mass is 9.48. The van der Waals surface area contributed by atoms with E-state index >= 15 is 0 Å². The van der Waals surface area contributed by atoms with Crippen molar-refractivity contribution in [2.75, 3.05) is 0 Å². The molecule has 0 radical (unpaired) electrons. The van der Waals surface area contributed by atoms with E-state index in [2.05, 4.69) is 20.8 Å². The first-order valence-electron chi connectivity index (χ1n) is 7.05. The van der Waals surface area contributed by atoms with Crippen LogP contribution in [0.3, 0.4) is 0 Å². The summed E-state index contributed by atoms with van der Waals surface area (Å²) in [5, 5.41) is 0. The van der Waals surface area contributed by atoms with Crippen molar-refractivity contribution in [1.29, 1.82) is 0 Å². The standard InChI is InChI=1S/C15H26/c1-11(2)8-14-6-7-15(9-14,10-14)13-5-4-12(13)3/h11-13H,4-10H2,1-3H3/t12?,13-,14?,15?/m0/s1. The first-order chi connectivity index (χ1) is 7.05. The van der Waals surface area contributed by atoms with E-state index in [9.17, 15) is 0 Å². The Morgan fingerprint density at radius 2 is 1.87 bits per heavy atom. The highest BCUT2D eigenvalue weighted by atomic mass is 14.7. The maximum Gasteiger partial charge on any atom is -0.0256 e. The summed E-state index contributed by atoms with van der Waals surface area (Å²) in [6.45, 7) is 7.29. The Hall–Kier alpha value is 0. The van der Waals surface area contributed by atoms with Crippen molar-refractivity contribution in [2.45, 2.75) is 65.7 Å². The van der Waals surface area contributed by atoms with Crippen LogP contribution < -0.4 is 0 Å². The minimum absolute atomic E-state index is 0.823. The Bertz CT molecular complexity index is 257. The second-order valence-electron chi connectivity index (χ2n) is 7.48. The lowest BCUT2D eigenvalue weighted by Gasteiger charge is -2.57. The molecule has 0 heteroatoms. The van der Waals surface area contributed by atoms with Crippen LogP contribution in [-0.2, 0) is 0 Å². The Balaban J connectivity index is 1.66. The average Bonchev–Trinajstić information content (AvgIpc) is 2.55. The normalized spacial score (nSPS) is 52.8. The van der Waals surface area contributed by atoms with Gasteiger partial charge in [0.25, 0.3) is 0 Å². The number of rotatable bonds is 3. The van der Waals surface area contributed by atoms with Crippen LogP contribution in [0.15, 0.2) is 0 Å². The minimum atomic E-state index is 0.823. The van der Waals surface area contributed by atoms with Crippen LogP contribution in [0, 0.1) is 28.6 Å². The molecule has 1 unspecified atom stereocenters. The first-order valence-corrected chi connectivity index (χ1v) is 7.05. The van der Waals surface area contributed by atoms with Gasteiger partial charge in [-0.25, -0.2) is 0 Å². The summed E-state index contributed by atoms with van der Waals surface area (Å²) in [5.74, 6) is 3.10. The maximum atomic E-state index is 2.49. The Kier molecular flexibility index (Phi) is 2.05. The Morgan fingerprint density at radius 1 is 1.13 bits per heavy atom. The van der Waals surface area contributed by atoms with Crippen LogP contribution in [0.25, 0.3) is 0 Å². The van der Waals surface area contributed by atoms with Crippen molar-refractivity contribution < 1.29 is 0 Å². The number of hydrogen-bond donors (Lipinski definition) is 0. The highest BCUT2D eigenvalue weighted by Gasteiger charge is 2.64. The molecule has 4 saturated carbocycles. The molecule has 4 rings (SSSR count). The molecule has 2 atom stereocenters. The lowest BCUT2D eigenvalue weighted by molar-refractivity contribution is -0.0749. The summed E-state index contributed by atoms with van der Waals surface area (Å²) in [6, 6.07) is 0. The summed E-state index contributed by atoms with van der Waals surface area (Å²) in [6.07, 6.45) is 10.9. The van der Waals surface area contributed by atoms with Gasteiger partial charge in [0, 0.05) is 0 Å². The van der Waals surface area contributed by atoms with Crippen molar-refractivity contribution >= 4 is 0 Å². The summed E-state index contributed by atoms with van der Waals surface area (Å²) >= 11 is 0. The highest BCUT2D eigenvalue weighted by molar-refractivity contribution is 5.14. The maximum absolute atomic E-state index is 2.49. The fourth-order valence-electron chi connectivity index (χ4n) is 5.45. The molecule has 86 valence electrons. The van der Waals surface area contributed by atoms with Gasteiger partial charge in [0.1, 0.15) is 0 Å². The van der Waals surface area contributed by atoms with Crippen molar-refractivity contribution in [1.82, 2.24) is 0 Å². The van der Waals surface area contributed by atoms with E-state index in [4.69, 9.17) is 0 Å². The van der Waals surface area contributed by atoms with E-state index < -0.39 is 0 Å². The van der Waals surface area contributed by atoms with Gasteiger partial charge in [0.15, 0.2) is 0 Å². The predicted octanol–water partition coefficient (Wildman–Crippen LogP) is 4.64. The molecule has 0 aromatic rings. The summed E-state index contributed by atoms with van der Waals surface area (Å²) in [5.41, 5.74) is 1.68. The highest BCUT2D eigenvalue weighted by Crippen LogP contribution is 2.74. The predicted molar refractivity (Wildman–Crippen MR) is 64.7 cm³/mol. The van der Waals surface area contributed by atoms with Gasteiger partial charge in [0.2, 0.25) is 0 Å². The summed E-state index contributed by atoms with van der Waals surface area (Å²) < 4.78 is 0. The Labute approximate surface area is 94.8 Å². The smallest absolute Gasteiger partial charge is 0.0256 e. The molecule has 2 bridgehead atoms. The molecule has 0 amide bonds. The molecule has 0 heterocycles. The van der Waals surface area contributed by atoms with Gasteiger partial charge in [0.05, 0.1) is 0 Å². The van der Waals surface area contributed by atoms with Gasteiger partial charge in [-0.2, -0.15) is 0 Å². The molecule has 0 aromatic heterocycles. The van der Waals surface area contributed by atoms with Gasteiger partial charge in [-0.3, -0.25) is 0 Å². The van der Waals surface area contributed by atoms with E-state index in [1.54, 1.807) is 32.1 Å². The van der Waals surface area contributed by atoms with Crippen LogP contribution in [0.2, 0.25) is 0 Å². The van der Waals surface area contributed by atoms with E-state index in [0.29, 0.717) is 0 Å². The minimum Gasteiger partial charge on any atom is -0.0628 e. The second-order valence-corrected chi connectivity index (χ2v) is 7.48. The monoisotopic (exact) mass is 206 g/mol. The molecule has 4 aliphatic carbocycles. The van der Waals surface area contributed by atoms with Gasteiger partial charge in [-0.1, -0.05) is 27.2 Å². The van der Waals surface area contributed by atoms with Gasteiger partial charge >= 0.3 is 0 Å². The van der Waals surface area contributed by atoms with Crippen LogP contribution >= 0.6 is 0 Å². The van der Waals surface area contributed by atoms with Crippen molar-refractivity contribution in [3.05, 3.63) is 0 Å². The fraction of sp³-hybridized carbons (Fsp3) is 1.00. The molecule has 0 nitrogen and oxygen atoms in total. The average molecular weight is 206 g/mol. The molecule has 0 N–H and O–H groups in total. The topological polar surface area (TPSA) is 0 Å². The van der Waals surface area contributed by atoms with Crippen molar-refractivity contribution in [3.63, 3.8) is 0 Å². The van der Waals surface area contributed by atoms with Crippen LogP contribution in [-0.4, -0.2) is 0 Å². The first kappa shape index (κ1) is 10.2. The number of fused-ring (bicyclic) bond motifs is 1. The molecule has 4 fully saturated rings. The van der Waals surface area contributed by atoms with Gasteiger partial charge in [-0.15, -0.1) is 0 Å². The summed E-state index contributed by atoms with van der Waals surface area (Å²) in [7, 11) is 0. The second kappa shape index (κ2) is 3.02. The van der Waals surface area contributed by atoms with Crippen LogP contribution in [0.5, 0.6) is 0 Å². The SMILES string of the molecule is CC(C)CC12CCC([C@H]3CCC3C)(C1)C2. The molecular formula is C15H26. The number of hydrogen-bond acceptors (Lipinski definition) is 0. The van der Waals surface area contributed by atoms with E-state index in [-0.39, 0.29) is 0 Å². The molecular weight excluding hydrogens is 180 g/mol. The molecule has 0 saturated heterocycles. The molecule has 0 aromatic carbocycles. The quantitative estimate of drug-likeness (QED) is 0.631. The molecule has 4 aliphatic rings. The van der Waals surface area contributed by atoms with E-state index in [0.717, 1.165) is 28.6 Å². The zero-order chi connectivity index (χ0) is 10.7. The zero-order valence-electron chi connectivity index (χ0n) is 10.7. The Morgan fingerprint density at radius 3 is 2.33 bits per heavy atom. The molecule has 0 spiro atoms. The van der Waals surface area contributed by atoms with E-state index in [1.807, 2.05) is 0 Å². The third-order valence-electron chi connectivity index (χ3n) is 5.86. The lowest BCUT2D eigenvalue weighted by Crippen LogP contribution is -2.48. The van der Waals surface area contributed by atoms with Crippen molar-refractivity contribution in [2.24, 2.45) is 28.6 Å².